The minimum atomic E-state index is -0.924. The topological polar surface area (TPSA) is 73.1 Å². The molecule has 0 atom stereocenters. The number of benzene rings is 1. The largest absolute Gasteiger partial charge is 0.478 e. The molecule has 0 spiro atoms. The number of nitriles is 1. The lowest BCUT2D eigenvalue weighted by molar-refractivity contribution is 0.0697. The molecule has 0 saturated heterocycles. The second kappa shape index (κ2) is 4.46. The van der Waals surface area contributed by atoms with Gasteiger partial charge in [-0.1, -0.05) is 6.07 Å². The number of carboxylic acid groups (broad SMARTS) is 1. The molecule has 0 aliphatic heterocycles. The van der Waals surface area contributed by atoms with Gasteiger partial charge in [-0.2, -0.15) is 5.26 Å². The molecule has 0 aromatic heterocycles. The van der Waals surface area contributed by atoms with Crippen LogP contribution in [0.3, 0.4) is 0 Å². The average Bonchev–Trinajstić information content (AvgIpc) is 3.08. The maximum Gasteiger partial charge on any atom is 0.335 e. The van der Waals surface area contributed by atoms with Crippen LogP contribution in [0.25, 0.3) is 0 Å². The van der Waals surface area contributed by atoms with Crippen LogP contribution >= 0.6 is 0 Å². The third-order valence-corrected chi connectivity index (χ3v) is 3.19. The van der Waals surface area contributed by atoms with Crippen LogP contribution in [0.4, 0.5) is 5.69 Å². The average molecular weight is 230 g/mol. The first-order valence-electron chi connectivity index (χ1n) is 5.59. The highest BCUT2D eigenvalue weighted by Gasteiger charge is 2.42. The van der Waals surface area contributed by atoms with E-state index in [1.54, 1.807) is 18.2 Å². The van der Waals surface area contributed by atoms with Gasteiger partial charge in [-0.05, 0) is 31.0 Å². The van der Waals surface area contributed by atoms with E-state index in [0.717, 1.165) is 25.1 Å². The van der Waals surface area contributed by atoms with E-state index < -0.39 is 5.97 Å². The van der Waals surface area contributed by atoms with Crippen molar-refractivity contribution in [2.75, 3.05) is 11.9 Å². The first-order chi connectivity index (χ1) is 8.15. The summed E-state index contributed by atoms with van der Waals surface area (Å²) in [7, 11) is 0. The van der Waals surface area contributed by atoms with Crippen molar-refractivity contribution in [1.29, 1.82) is 5.26 Å². The Balaban J connectivity index is 1.98. The van der Waals surface area contributed by atoms with Gasteiger partial charge in [0.15, 0.2) is 0 Å². The molecular formula is C13H14N2O2. The van der Waals surface area contributed by atoms with Gasteiger partial charge in [0.05, 0.1) is 11.6 Å². The van der Waals surface area contributed by atoms with E-state index >= 15 is 0 Å². The molecule has 0 amide bonds. The summed E-state index contributed by atoms with van der Waals surface area (Å²) in [6.45, 7) is 0.740. The fraction of sp³-hybridized carbons (Fsp3) is 0.385. The van der Waals surface area contributed by atoms with Crippen LogP contribution in [0.1, 0.15) is 29.6 Å². The van der Waals surface area contributed by atoms with Gasteiger partial charge in [-0.3, -0.25) is 0 Å². The fourth-order valence-electron chi connectivity index (χ4n) is 1.81. The van der Waals surface area contributed by atoms with Gasteiger partial charge in [0.2, 0.25) is 0 Å². The van der Waals surface area contributed by atoms with Crippen molar-refractivity contribution < 1.29 is 9.90 Å². The van der Waals surface area contributed by atoms with Crippen molar-refractivity contribution in [2.24, 2.45) is 5.41 Å². The fourth-order valence-corrected chi connectivity index (χ4v) is 1.81. The van der Waals surface area contributed by atoms with Crippen LogP contribution in [0, 0.1) is 16.7 Å². The molecule has 1 aromatic rings. The van der Waals surface area contributed by atoms with Crippen LogP contribution in [-0.2, 0) is 0 Å². The smallest absolute Gasteiger partial charge is 0.335 e. The summed E-state index contributed by atoms with van der Waals surface area (Å²) >= 11 is 0. The van der Waals surface area contributed by atoms with Crippen LogP contribution in [0.5, 0.6) is 0 Å². The summed E-state index contributed by atoms with van der Waals surface area (Å²) in [4.78, 5) is 10.8. The highest BCUT2D eigenvalue weighted by atomic mass is 16.4. The number of aromatic carboxylic acids is 1. The zero-order chi connectivity index (χ0) is 12.3. The zero-order valence-corrected chi connectivity index (χ0v) is 9.44. The number of hydrogen-bond acceptors (Lipinski definition) is 3. The monoisotopic (exact) mass is 230 g/mol. The molecular weight excluding hydrogens is 216 g/mol. The Morgan fingerprint density at radius 3 is 2.88 bits per heavy atom. The molecule has 1 aliphatic rings. The second-order valence-electron chi connectivity index (χ2n) is 4.57. The van der Waals surface area contributed by atoms with Gasteiger partial charge in [-0.25, -0.2) is 4.79 Å². The Labute approximate surface area is 99.9 Å². The van der Waals surface area contributed by atoms with Crippen LogP contribution in [-0.4, -0.2) is 17.6 Å². The molecule has 0 heterocycles. The molecule has 0 unspecified atom stereocenters. The first kappa shape index (κ1) is 11.5. The lowest BCUT2D eigenvalue weighted by atomic mass is 10.0. The Hall–Kier alpha value is -2.02. The Bertz CT molecular complexity index is 473. The van der Waals surface area contributed by atoms with Crippen molar-refractivity contribution >= 4 is 11.7 Å². The third kappa shape index (κ3) is 2.76. The number of anilines is 1. The van der Waals surface area contributed by atoms with Crippen molar-refractivity contribution in [2.45, 2.75) is 19.3 Å². The third-order valence-electron chi connectivity index (χ3n) is 3.19. The SMILES string of the molecule is N#CCC1(CNc2cccc(C(=O)O)c2)CC1. The minimum absolute atomic E-state index is 0.119. The van der Waals surface area contributed by atoms with E-state index in [9.17, 15) is 4.79 Å². The molecule has 1 fully saturated rings. The summed E-state index contributed by atoms with van der Waals surface area (Å²) in [5.74, 6) is -0.924. The van der Waals surface area contributed by atoms with E-state index in [1.807, 2.05) is 6.07 Å². The number of nitrogens with one attached hydrogen (secondary N) is 1. The van der Waals surface area contributed by atoms with Gasteiger partial charge in [0, 0.05) is 24.1 Å². The normalized spacial score (nSPS) is 15.9. The molecule has 88 valence electrons. The molecule has 17 heavy (non-hydrogen) atoms. The highest BCUT2D eigenvalue weighted by molar-refractivity contribution is 5.88. The number of hydrogen-bond donors (Lipinski definition) is 2. The van der Waals surface area contributed by atoms with Crippen molar-refractivity contribution in [1.82, 2.24) is 0 Å². The summed E-state index contributed by atoms with van der Waals surface area (Å²) in [6, 6.07) is 8.94. The van der Waals surface area contributed by atoms with Crippen molar-refractivity contribution in [3.63, 3.8) is 0 Å². The zero-order valence-electron chi connectivity index (χ0n) is 9.44. The lowest BCUT2D eigenvalue weighted by Gasteiger charge is -2.13. The summed E-state index contributed by atoms with van der Waals surface area (Å²) < 4.78 is 0. The molecule has 2 N–H and O–H groups in total. The molecule has 1 aliphatic carbocycles. The Morgan fingerprint density at radius 2 is 2.29 bits per heavy atom. The number of nitrogens with zero attached hydrogens (tertiary/aromatic N) is 1. The standard InChI is InChI=1S/C13H14N2O2/c14-7-6-13(4-5-13)9-15-11-3-1-2-10(8-11)12(16)17/h1-3,8,15H,4-6,9H2,(H,16,17). The minimum Gasteiger partial charge on any atom is -0.478 e. The predicted molar refractivity (Wildman–Crippen MR) is 63.8 cm³/mol. The van der Waals surface area contributed by atoms with Gasteiger partial charge >= 0.3 is 5.97 Å². The van der Waals surface area contributed by atoms with E-state index in [-0.39, 0.29) is 11.0 Å². The van der Waals surface area contributed by atoms with Crippen LogP contribution < -0.4 is 5.32 Å². The van der Waals surface area contributed by atoms with Crippen molar-refractivity contribution in [3.8, 4) is 6.07 Å². The quantitative estimate of drug-likeness (QED) is 0.815. The Morgan fingerprint density at radius 1 is 1.53 bits per heavy atom. The van der Waals surface area contributed by atoms with Gasteiger partial charge in [-0.15, -0.1) is 0 Å². The van der Waals surface area contributed by atoms with E-state index in [4.69, 9.17) is 10.4 Å². The summed E-state index contributed by atoms with van der Waals surface area (Å²) in [5.41, 5.74) is 1.20. The molecule has 0 bridgehead atoms. The maximum atomic E-state index is 10.8. The number of rotatable bonds is 5. The highest BCUT2D eigenvalue weighted by Crippen LogP contribution is 2.48. The first-order valence-corrected chi connectivity index (χ1v) is 5.59. The molecule has 1 aromatic carbocycles. The van der Waals surface area contributed by atoms with Gasteiger partial charge in [0.1, 0.15) is 0 Å². The number of carboxylic acids is 1. The van der Waals surface area contributed by atoms with E-state index in [2.05, 4.69) is 11.4 Å². The maximum absolute atomic E-state index is 10.8. The molecule has 4 nitrogen and oxygen atoms in total. The van der Waals surface area contributed by atoms with E-state index in [1.165, 1.54) is 0 Å². The Kier molecular flexibility index (Phi) is 3.01. The number of carbonyl (C=O) groups is 1. The summed E-state index contributed by atoms with van der Waals surface area (Å²) in [6.07, 6.45) is 2.72. The molecule has 1 saturated carbocycles. The predicted octanol–water partition coefficient (Wildman–Crippen LogP) is 2.49. The lowest BCUT2D eigenvalue weighted by Crippen LogP contribution is -2.15. The van der Waals surface area contributed by atoms with Gasteiger partial charge < -0.3 is 10.4 Å². The molecule has 4 heteroatoms. The second-order valence-corrected chi connectivity index (χ2v) is 4.57. The van der Waals surface area contributed by atoms with Crippen LogP contribution in [0.2, 0.25) is 0 Å². The van der Waals surface area contributed by atoms with Crippen LogP contribution in [0.15, 0.2) is 24.3 Å². The van der Waals surface area contributed by atoms with Gasteiger partial charge in [0.25, 0.3) is 0 Å². The van der Waals surface area contributed by atoms with Crippen molar-refractivity contribution in [3.05, 3.63) is 29.8 Å². The molecule has 2 rings (SSSR count). The summed E-state index contributed by atoms with van der Waals surface area (Å²) in [5, 5.41) is 20.8. The molecule has 0 radical (unpaired) electrons. The van der Waals surface area contributed by atoms with E-state index in [0.29, 0.717) is 6.42 Å².